The van der Waals surface area contributed by atoms with Crippen LogP contribution < -0.4 is 5.32 Å². The Morgan fingerprint density at radius 2 is 1.90 bits per heavy atom. The topological polar surface area (TPSA) is 139 Å². The molecule has 0 spiro atoms. The fourth-order valence-electron chi connectivity index (χ4n) is 5.48. The fourth-order valence-corrected chi connectivity index (χ4v) is 5.48. The number of aromatic nitrogens is 2. The van der Waals surface area contributed by atoms with E-state index in [0.717, 1.165) is 29.2 Å². The highest BCUT2D eigenvalue weighted by Gasteiger charge is 2.31. The van der Waals surface area contributed by atoms with Crippen molar-refractivity contribution in [3.05, 3.63) is 66.2 Å². The molecule has 3 amide bonds. The third-order valence-electron chi connectivity index (χ3n) is 7.53. The average Bonchev–Trinajstić information content (AvgIpc) is 3.60. The van der Waals surface area contributed by atoms with E-state index >= 15 is 0 Å². The maximum Gasteiger partial charge on any atom is 0.320 e. The molecule has 0 saturated carbocycles. The number of benzene rings is 2. The minimum absolute atomic E-state index is 0.00165. The number of carboxylic acids is 1. The van der Waals surface area contributed by atoms with Crippen molar-refractivity contribution in [2.24, 2.45) is 0 Å². The predicted octanol–water partition coefficient (Wildman–Crippen LogP) is 2.04. The zero-order valence-electron chi connectivity index (χ0n) is 23.6. The molecule has 2 heterocycles. The Bertz CT molecular complexity index is 1350. The average molecular weight is 563 g/mol. The molecule has 41 heavy (non-hydrogen) atoms. The van der Waals surface area contributed by atoms with Crippen molar-refractivity contribution in [1.29, 1.82) is 0 Å². The summed E-state index contributed by atoms with van der Waals surface area (Å²) in [4.78, 5) is 62.6. The van der Waals surface area contributed by atoms with E-state index in [2.05, 4.69) is 15.3 Å². The summed E-state index contributed by atoms with van der Waals surface area (Å²) in [5.41, 5.74) is 1.73. The molecule has 1 aromatic heterocycles. The summed E-state index contributed by atoms with van der Waals surface area (Å²) in [6.45, 7) is 1.54. The molecule has 0 bridgehead atoms. The SMILES string of the molecule is CN(C)[C@@H](CCC(=O)NC(=O)CN(Cc1cccc2ccccc12)CC1CCCN1C(=O)Cc1c[nH]cn1)C(=O)O. The van der Waals surface area contributed by atoms with E-state index in [4.69, 9.17) is 0 Å². The summed E-state index contributed by atoms with van der Waals surface area (Å²) in [6.07, 6.45) is 5.19. The van der Waals surface area contributed by atoms with Crippen LogP contribution in [0.2, 0.25) is 0 Å². The van der Waals surface area contributed by atoms with Crippen LogP contribution >= 0.6 is 0 Å². The molecule has 1 fully saturated rings. The summed E-state index contributed by atoms with van der Waals surface area (Å²) in [5.74, 6) is -1.99. The normalized spacial score (nSPS) is 15.9. The van der Waals surface area contributed by atoms with Gasteiger partial charge in [0.1, 0.15) is 6.04 Å². The molecule has 1 aliphatic heterocycles. The van der Waals surface area contributed by atoms with Gasteiger partial charge in [-0.1, -0.05) is 42.5 Å². The zero-order valence-corrected chi connectivity index (χ0v) is 23.6. The highest BCUT2D eigenvalue weighted by atomic mass is 16.4. The first-order valence-electron chi connectivity index (χ1n) is 13.9. The van der Waals surface area contributed by atoms with Gasteiger partial charge in [0.15, 0.2) is 0 Å². The van der Waals surface area contributed by atoms with Crippen LogP contribution in [0.25, 0.3) is 10.8 Å². The lowest BCUT2D eigenvalue weighted by Gasteiger charge is -2.31. The number of nitrogens with zero attached hydrogens (tertiary/aromatic N) is 4. The van der Waals surface area contributed by atoms with Crippen molar-refractivity contribution in [3.63, 3.8) is 0 Å². The molecule has 1 aliphatic rings. The van der Waals surface area contributed by atoms with Gasteiger partial charge in [-0.15, -0.1) is 0 Å². The number of carbonyl (C=O) groups excluding carboxylic acids is 3. The number of likely N-dealkylation sites (tertiary alicyclic amines) is 1. The minimum Gasteiger partial charge on any atom is -0.480 e. The van der Waals surface area contributed by atoms with Crippen LogP contribution in [0.1, 0.15) is 36.9 Å². The Labute approximate surface area is 239 Å². The summed E-state index contributed by atoms with van der Waals surface area (Å²) in [6, 6.07) is 13.2. The number of amides is 3. The highest BCUT2D eigenvalue weighted by Crippen LogP contribution is 2.23. The summed E-state index contributed by atoms with van der Waals surface area (Å²) >= 11 is 0. The first-order chi connectivity index (χ1) is 19.7. The van der Waals surface area contributed by atoms with Crippen LogP contribution in [0.4, 0.5) is 0 Å². The van der Waals surface area contributed by atoms with Crippen LogP contribution in [0, 0.1) is 0 Å². The maximum absolute atomic E-state index is 13.1. The Balaban J connectivity index is 1.45. The van der Waals surface area contributed by atoms with Gasteiger partial charge >= 0.3 is 5.97 Å². The van der Waals surface area contributed by atoms with E-state index in [1.807, 2.05) is 52.3 Å². The Morgan fingerprint density at radius 3 is 2.63 bits per heavy atom. The first kappa shape index (κ1) is 29.9. The highest BCUT2D eigenvalue weighted by molar-refractivity contribution is 5.96. The third-order valence-corrected chi connectivity index (χ3v) is 7.53. The molecule has 0 aliphatic carbocycles. The monoisotopic (exact) mass is 562 g/mol. The fraction of sp³-hybridized carbons (Fsp3) is 0.433. The van der Waals surface area contributed by atoms with Gasteiger partial charge in [0.25, 0.3) is 0 Å². The number of likely N-dealkylation sites (N-methyl/N-ethyl adjacent to an activating group) is 1. The smallest absolute Gasteiger partial charge is 0.320 e. The maximum atomic E-state index is 13.1. The number of aromatic amines is 1. The number of imidazole rings is 1. The molecule has 2 atom stereocenters. The van der Waals surface area contributed by atoms with Crippen LogP contribution in [-0.4, -0.2) is 99.3 Å². The quantitative estimate of drug-likeness (QED) is 0.288. The van der Waals surface area contributed by atoms with Crippen molar-refractivity contribution < 1.29 is 24.3 Å². The van der Waals surface area contributed by atoms with Gasteiger partial charge in [0.2, 0.25) is 17.7 Å². The van der Waals surface area contributed by atoms with Gasteiger partial charge < -0.3 is 15.0 Å². The van der Waals surface area contributed by atoms with Crippen molar-refractivity contribution in [3.8, 4) is 0 Å². The van der Waals surface area contributed by atoms with E-state index in [-0.39, 0.29) is 37.8 Å². The van der Waals surface area contributed by atoms with Crippen molar-refractivity contribution in [1.82, 2.24) is 30.0 Å². The Morgan fingerprint density at radius 1 is 1.12 bits per heavy atom. The molecular weight excluding hydrogens is 524 g/mol. The van der Waals surface area contributed by atoms with E-state index in [1.165, 1.54) is 4.90 Å². The number of carbonyl (C=O) groups is 4. The number of imide groups is 1. The summed E-state index contributed by atoms with van der Waals surface area (Å²) in [7, 11) is 3.28. The van der Waals surface area contributed by atoms with E-state index in [0.29, 0.717) is 25.3 Å². The number of H-pyrrole nitrogens is 1. The van der Waals surface area contributed by atoms with Gasteiger partial charge in [-0.3, -0.25) is 34.3 Å². The number of carboxylic acid groups (broad SMARTS) is 1. The second kappa shape index (κ2) is 14.0. The van der Waals surface area contributed by atoms with Crippen LogP contribution in [0.3, 0.4) is 0 Å². The zero-order chi connectivity index (χ0) is 29.4. The Kier molecular flexibility index (Phi) is 10.2. The van der Waals surface area contributed by atoms with Crippen LogP contribution in [-0.2, 0) is 32.1 Å². The molecule has 1 unspecified atom stereocenters. The van der Waals surface area contributed by atoms with E-state index < -0.39 is 23.8 Å². The molecular formula is C30H38N6O5. The Hall–Kier alpha value is -4.09. The van der Waals surface area contributed by atoms with E-state index in [9.17, 15) is 24.3 Å². The first-order valence-corrected chi connectivity index (χ1v) is 13.9. The van der Waals surface area contributed by atoms with Gasteiger partial charge in [-0.2, -0.15) is 0 Å². The lowest BCUT2D eigenvalue weighted by atomic mass is 10.0. The molecule has 1 saturated heterocycles. The molecule has 218 valence electrons. The molecule has 3 N–H and O–H groups in total. The number of hydrogen-bond acceptors (Lipinski definition) is 7. The molecule has 3 aromatic rings. The van der Waals surface area contributed by atoms with Gasteiger partial charge in [0.05, 0.1) is 25.0 Å². The summed E-state index contributed by atoms with van der Waals surface area (Å²) in [5, 5.41) is 14.0. The molecule has 4 rings (SSSR count). The van der Waals surface area contributed by atoms with Crippen molar-refractivity contribution >= 4 is 34.5 Å². The summed E-state index contributed by atoms with van der Waals surface area (Å²) < 4.78 is 0. The van der Waals surface area contributed by atoms with Crippen molar-refractivity contribution in [2.75, 3.05) is 33.7 Å². The molecule has 0 radical (unpaired) electrons. The van der Waals surface area contributed by atoms with Crippen LogP contribution in [0.5, 0.6) is 0 Å². The third kappa shape index (κ3) is 8.21. The van der Waals surface area contributed by atoms with Gasteiger partial charge in [0, 0.05) is 38.3 Å². The number of aliphatic carboxylic acids is 1. The molecule has 2 aromatic carbocycles. The van der Waals surface area contributed by atoms with Crippen LogP contribution in [0.15, 0.2) is 55.0 Å². The predicted molar refractivity (Wildman–Crippen MR) is 154 cm³/mol. The second-order valence-electron chi connectivity index (χ2n) is 10.8. The lowest BCUT2D eigenvalue weighted by Crippen LogP contribution is -2.47. The lowest BCUT2D eigenvalue weighted by molar-refractivity contribution is -0.142. The van der Waals surface area contributed by atoms with Gasteiger partial charge in [-0.25, -0.2) is 4.98 Å². The molecule has 11 heteroatoms. The number of nitrogens with one attached hydrogen (secondary N) is 2. The molecule has 11 nitrogen and oxygen atoms in total. The number of hydrogen-bond donors (Lipinski definition) is 3. The van der Waals surface area contributed by atoms with Gasteiger partial charge in [-0.05, 0) is 49.7 Å². The standard InChI is InChI=1S/C30H38N6O5/c1-34(2)26(30(40)41)12-13-27(37)33-28(38)19-35(17-22-9-5-8-21-7-3-4-11-25(21)22)18-24-10-6-14-36(24)29(39)15-23-16-31-20-32-23/h3-5,7-9,11,16,20,24,26H,6,10,12-15,17-19H2,1-2H3,(H,31,32)(H,40,41)(H,33,37,38)/t24?,26-/m0/s1. The number of rotatable bonds is 13. The number of fused-ring (bicyclic) bond motifs is 1. The minimum atomic E-state index is -1.02. The van der Waals surface area contributed by atoms with E-state index in [1.54, 1.807) is 26.6 Å². The largest absolute Gasteiger partial charge is 0.480 e. The second-order valence-corrected chi connectivity index (χ2v) is 10.8. The van der Waals surface area contributed by atoms with Crippen molar-refractivity contribution in [2.45, 2.75) is 50.7 Å².